The van der Waals surface area contributed by atoms with Crippen molar-refractivity contribution in [2.45, 2.75) is 44.7 Å². The van der Waals surface area contributed by atoms with Crippen molar-refractivity contribution in [3.63, 3.8) is 0 Å². The van der Waals surface area contributed by atoms with E-state index in [9.17, 15) is 4.79 Å². The highest BCUT2D eigenvalue weighted by molar-refractivity contribution is 5.91. The number of rotatable bonds is 8. The lowest BCUT2D eigenvalue weighted by molar-refractivity contribution is -0.156. The fraction of sp³-hybridized carbons (Fsp3) is 0.450. The van der Waals surface area contributed by atoms with Crippen molar-refractivity contribution in [2.24, 2.45) is 5.92 Å². The Morgan fingerprint density at radius 1 is 1.38 bits per heavy atom. The molecule has 1 fully saturated rings. The number of hydrogen-bond donors (Lipinski definition) is 0. The van der Waals surface area contributed by atoms with Gasteiger partial charge in [-0.2, -0.15) is 0 Å². The normalized spacial score (nSPS) is 24.3. The minimum Gasteiger partial charge on any atom is -0.453 e. The topological polar surface area (TPSA) is 44.8 Å². The smallest absolute Gasteiger partial charge is 0.338 e. The second-order valence-electron chi connectivity index (χ2n) is 6.11. The number of allylic oxidation sites excluding steroid dienone is 2. The minimum absolute atomic E-state index is 0.00540. The molecule has 1 heterocycles. The quantitative estimate of drug-likeness (QED) is 0.535. The molecule has 0 saturated carbocycles. The first-order valence-electron chi connectivity index (χ1n) is 8.29. The van der Waals surface area contributed by atoms with Crippen molar-refractivity contribution in [1.29, 1.82) is 0 Å². The highest BCUT2D eigenvalue weighted by atomic mass is 16.7. The summed E-state index contributed by atoms with van der Waals surface area (Å²) in [7, 11) is 1.57. The third-order valence-corrected chi connectivity index (χ3v) is 4.34. The van der Waals surface area contributed by atoms with E-state index in [4.69, 9.17) is 14.2 Å². The number of methoxy groups -OCH3 is 1. The first kappa shape index (κ1) is 18.4. The number of esters is 1. The van der Waals surface area contributed by atoms with Crippen LogP contribution in [0.1, 0.15) is 35.7 Å². The van der Waals surface area contributed by atoms with E-state index in [1.165, 1.54) is 0 Å². The highest BCUT2D eigenvalue weighted by Crippen LogP contribution is 2.30. The molecule has 1 aromatic rings. The highest BCUT2D eigenvalue weighted by Gasteiger charge is 2.40. The molecule has 0 aliphatic carbocycles. The molecule has 0 aromatic heterocycles. The third-order valence-electron chi connectivity index (χ3n) is 4.34. The lowest BCUT2D eigenvalue weighted by atomic mass is 9.98. The van der Waals surface area contributed by atoms with E-state index >= 15 is 0 Å². The Balaban J connectivity index is 2.07. The monoisotopic (exact) mass is 330 g/mol. The molecule has 0 bridgehead atoms. The summed E-state index contributed by atoms with van der Waals surface area (Å²) < 4.78 is 16.9. The summed E-state index contributed by atoms with van der Waals surface area (Å²) in [5.74, 6) is -0.0444. The van der Waals surface area contributed by atoms with E-state index in [0.717, 1.165) is 12.0 Å². The summed E-state index contributed by atoms with van der Waals surface area (Å²) >= 11 is 0. The summed E-state index contributed by atoms with van der Waals surface area (Å²) in [4.78, 5) is 12.6. The van der Waals surface area contributed by atoms with Gasteiger partial charge in [-0.25, -0.2) is 4.79 Å². The predicted octanol–water partition coefficient (Wildman–Crippen LogP) is 3.91. The summed E-state index contributed by atoms with van der Waals surface area (Å²) in [5.41, 5.74) is 1.47. The van der Waals surface area contributed by atoms with Gasteiger partial charge in [0.2, 0.25) is 0 Å². The van der Waals surface area contributed by atoms with Crippen LogP contribution < -0.4 is 0 Å². The van der Waals surface area contributed by atoms with Crippen molar-refractivity contribution in [3.05, 3.63) is 60.7 Å². The molecule has 0 radical (unpaired) electrons. The zero-order chi connectivity index (χ0) is 17.5. The molecule has 4 heteroatoms. The minimum atomic E-state index is -0.530. The lowest BCUT2D eigenvalue weighted by Gasteiger charge is -2.18. The molecule has 4 atom stereocenters. The van der Waals surface area contributed by atoms with Crippen LogP contribution in [0.2, 0.25) is 0 Å². The SMILES string of the molecule is C=CCc1ccccc1C(=O)O[C@H]1C[C@@H]([C@H](C)CC=C)OC1OC. The number of benzene rings is 1. The van der Waals surface area contributed by atoms with Gasteiger partial charge >= 0.3 is 5.97 Å². The predicted molar refractivity (Wildman–Crippen MR) is 93.8 cm³/mol. The van der Waals surface area contributed by atoms with Crippen LogP contribution >= 0.6 is 0 Å². The summed E-state index contributed by atoms with van der Waals surface area (Å²) in [6, 6.07) is 7.42. The maximum atomic E-state index is 12.6. The molecule has 1 aliphatic rings. The van der Waals surface area contributed by atoms with Crippen molar-refractivity contribution in [3.8, 4) is 0 Å². The molecule has 0 spiro atoms. The molecule has 0 amide bonds. The number of carbonyl (C=O) groups is 1. The second kappa shape index (κ2) is 8.81. The van der Waals surface area contributed by atoms with Crippen molar-refractivity contribution >= 4 is 5.97 Å². The van der Waals surface area contributed by atoms with Gasteiger partial charge < -0.3 is 14.2 Å². The van der Waals surface area contributed by atoms with Crippen LogP contribution in [0.3, 0.4) is 0 Å². The van der Waals surface area contributed by atoms with Gasteiger partial charge in [0.25, 0.3) is 0 Å². The van der Waals surface area contributed by atoms with Crippen LogP contribution in [0.5, 0.6) is 0 Å². The lowest BCUT2D eigenvalue weighted by Crippen LogP contribution is -2.29. The molecular weight excluding hydrogens is 304 g/mol. The van der Waals surface area contributed by atoms with Crippen LogP contribution in [0.4, 0.5) is 0 Å². The van der Waals surface area contributed by atoms with Crippen molar-refractivity contribution in [1.82, 2.24) is 0 Å². The summed E-state index contributed by atoms with van der Waals surface area (Å²) in [5, 5.41) is 0. The van der Waals surface area contributed by atoms with Gasteiger partial charge in [0.15, 0.2) is 12.4 Å². The van der Waals surface area contributed by atoms with Crippen LogP contribution in [-0.4, -0.2) is 31.6 Å². The maximum Gasteiger partial charge on any atom is 0.338 e. The van der Waals surface area contributed by atoms with Gasteiger partial charge in [-0.3, -0.25) is 0 Å². The Hall–Kier alpha value is -1.91. The first-order chi connectivity index (χ1) is 11.6. The molecule has 1 aromatic carbocycles. The van der Waals surface area contributed by atoms with Gasteiger partial charge in [-0.1, -0.05) is 37.3 Å². The molecular formula is C20H26O4. The standard InChI is InChI=1S/C20H26O4/c1-5-9-14(3)17-13-18(20(22-4)24-17)23-19(21)16-12-8-7-11-15(16)10-6-2/h5-8,11-12,14,17-18,20H,1-2,9-10,13H2,3-4H3/t14-,17+,18+,20?/m1/s1. The van der Waals surface area contributed by atoms with Gasteiger partial charge in [0.1, 0.15) is 0 Å². The van der Waals surface area contributed by atoms with E-state index in [1.807, 2.05) is 24.3 Å². The number of ether oxygens (including phenoxy) is 3. The average Bonchev–Trinajstić information content (AvgIpc) is 2.99. The van der Waals surface area contributed by atoms with Gasteiger partial charge in [-0.15, -0.1) is 13.2 Å². The average molecular weight is 330 g/mol. The molecule has 130 valence electrons. The van der Waals surface area contributed by atoms with E-state index in [0.29, 0.717) is 24.3 Å². The molecule has 24 heavy (non-hydrogen) atoms. The zero-order valence-corrected chi connectivity index (χ0v) is 14.4. The Kier molecular flexibility index (Phi) is 6.76. The largest absolute Gasteiger partial charge is 0.453 e. The Morgan fingerprint density at radius 2 is 2.12 bits per heavy atom. The molecule has 1 aliphatic heterocycles. The van der Waals surface area contributed by atoms with E-state index in [2.05, 4.69) is 20.1 Å². The van der Waals surface area contributed by atoms with Gasteiger partial charge in [0, 0.05) is 13.5 Å². The number of carbonyl (C=O) groups excluding carboxylic acids is 1. The molecule has 4 nitrogen and oxygen atoms in total. The third kappa shape index (κ3) is 4.34. The van der Waals surface area contributed by atoms with Crippen molar-refractivity contribution in [2.75, 3.05) is 7.11 Å². The van der Waals surface area contributed by atoms with E-state index < -0.39 is 12.4 Å². The maximum absolute atomic E-state index is 12.6. The Morgan fingerprint density at radius 3 is 2.79 bits per heavy atom. The van der Waals surface area contributed by atoms with Crippen LogP contribution in [-0.2, 0) is 20.6 Å². The Labute approximate surface area is 144 Å². The zero-order valence-electron chi connectivity index (χ0n) is 14.4. The number of hydrogen-bond acceptors (Lipinski definition) is 4. The van der Waals surface area contributed by atoms with Gasteiger partial charge in [0.05, 0.1) is 11.7 Å². The van der Waals surface area contributed by atoms with E-state index in [-0.39, 0.29) is 12.1 Å². The molecule has 0 N–H and O–H groups in total. The fourth-order valence-electron chi connectivity index (χ4n) is 3.00. The van der Waals surface area contributed by atoms with Crippen LogP contribution in [0.25, 0.3) is 0 Å². The first-order valence-corrected chi connectivity index (χ1v) is 8.29. The van der Waals surface area contributed by atoms with Crippen LogP contribution in [0.15, 0.2) is 49.6 Å². The molecule has 1 saturated heterocycles. The summed E-state index contributed by atoms with van der Waals surface area (Å²) in [6.45, 7) is 9.60. The Bertz CT molecular complexity index is 581. The van der Waals surface area contributed by atoms with Gasteiger partial charge in [-0.05, 0) is 30.4 Å². The van der Waals surface area contributed by atoms with Crippen molar-refractivity contribution < 1.29 is 19.0 Å². The van der Waals surface area contributed by atoms with E-state index in [1.54, 1.807) is 19.3 Å². The van der Waals surface area contributed by atoms with Crippen LogP contribution in [0, 0.1) is 5.92 Å². The fourth-order valence-corrected chi connectivity index (χ4v) is 3.00. The molecule has 2 rings (SSSR count). The second-order valence-corrected chi connectivity index (χ2v) is 6.11. The molecule has 1 unspecified atom stereocenters. The summed E-state index contributed by atoms with van der Waals surface area (Å²) in [6.07, 6.45) is 4.81.